The van der Waals surface area contributed by atoms with Crippen LogP contribution in [0, 0.1) is 0 Å². The van der Waals surface area contributed by atoms with Gasteiger partial charge in [0.05, 0.1) is 25.4 Å². The molecule has 0 aromatic heterocycles. The molecule has 0 radical (unpaired) electrons. The lowest BCUT2D eigenvalue weighted by Crippen LogP contribution is -2.60. The van der Waals surface area contributed by atoms with Crippen molar-refractivity contribution in [3.05, 3.63) is 24.3 Å². The maximum atomic E-state index is 12.8. The number of carbonyl (C=O) groups is 1. The van der Waals surface area contributed by atoms with E-state index in [9.17, 15) is 40.5 Å². The van der Waals surface area contributed by atoms with E-state index in [0.29, 0.717) is 12.8 Å². The largest absolute Gasteiger partial charge is 0.394 e. The Morgan fingerprint density at radius 1 is 0.756 bits per heavy atom. The molecule has 45 heavy (non-hydrogen) atoms. The lowest BCUT2D eigenvalue weighted by atomic mass is 9.99. The summed E-state index contributed by atoms with van der Waals surface area (Å²) in [5, 5.41) is 74.6. The van der Waals surface area contributed by atoms with Crippen molar-refractivity contribution in [2.45, 2.75) is 172 Å². The quantitative estimate of drug-likeness (QED) is 0.0513. The second kappa shape index (κ2) is 25.7. The zero-order chi connectivity index (χ0) is 33.5. The van der Waals surface area contributed by atoms with Crippen LogP contribution in [-0.2, 0) is 14.3 Å². The number of ether oxygens (including phenoxy) is 2. The summed E-state index contributed by atoms with van der Waals surface area (Å²) in [5.41, 5.74) is 0. The van der Waals surface area contributed by atoms with Gasteiger partial charge in [0.2, 0.25) is 5.91 Å². The van der Waals surface area contributed by atoms with Crippen LogP contribution in [0.2, 0.25) is 0 Å². The van der Waals surface area contributed by atoms with Crippen LogP contribution in [0.1, 0.15) is 117 Å². The molecule has 9 unspecified atom stereocenters. The van der Waals surface area contributed by atoms with Gasteiger partial charge in [-0.25, -0.2) is 0 Å². The second-order valence-electron chi connectivity index (χ2n) is 12.2. The number of allylic oxidation sites excluding steroid dienone is 4. The fourth-order valence-corrected chi connectivity index (χ4v) is 5.20. The summed E-state index contributed by atoms with van der Waals surface area (Å²) in [6, 6.07) is -1.19. The molecule has 264 valence electrons. The molecule has 0 saturated carbocycles. The first-order valence-electron chi connectivity index (χ1n) is 17.2. The van der Waals surface area contributed by atoms with Crippen LogP contribution in [0.4, 0.5) is 0 Å². The van der Waals surface area contributed by atoms with Gasteiger partial charge in [0, 0.05) is 0 Å². The van der Waals surface area contributed by atoms with Gasteiger partial charge in [0.25, 0.3) is 0 Å². The number of hydrogen-bond donors (Lipinski definition) is 8. The minimum Gasteiger partial charge on any atom is -0.394 e. The summed E-state index contributed by atoms with van der Waals surface area (Å²) < 4.78 is 10.9. The molecular formula is C34H63NO10. The summed E-state index contributed by atoms with van der Waals surface area (Å²) in [6.07, 6.45) is 11.5. The Balaban J connectivity index is 2.71. The number of unbranched alkanes of at least 4 members (excludes halogenated alkanes) is 10. The second-order valence-corrected chi connectivity index (χ2v) is 12.2. The summed E-state index contributed by atoms with van der Waals surface area (Å²) in [4.78, 5) is 12.8. The van der Waals surface area contributed by atoms with Crippen LogP contribution in [0.25, 0.3) is 0 Å². The highest BCUT2D eigenvalue weighted by molar-refractivity contribution is 5.80. The van der Waals surface area contributed by atoms with Gasteiger partial charge in [-0.2, -0.15) is 0 Å². The van der Waals surface area contributed by atoms with E-state index >= 15 is 0 Å². The lowest BCUT2D eigenvalue weighted by molar-refractivity contribution is -0.303. The molecular weight excluding hydrogens is 582 g/mol. The van der Waals surface area contributed by atoms with Crippen molar-refractivity contribution in [1.82, 2.24) is 5.32 Å². The Hall–Kier alpha value is -1.41. The van der Waals surface area contributed by atoms with E-state index in [1.807, 2.05) is 12.2 Å². The van der Waals surface area contributed by atoms with Crippen LogP contribution in [-0.4, -0.2) is 110 Å². The minimum absolute atomic E-state index is 0.168. The molecule has 8 N–H and O–H groups in total. The topological polar surface area (TPSA) is 189 Å². The predicted molar refractivity (Wildman–Crippen MR) is 173 cm³/mol. The van der Waals surface area contributed by atoms with Gasteiger partial charge in [0.1, 0.15) is 36.6 Å². The monoisotopic (exact) mass is 645 g/mol. The van der Waals surface area contributed by atoms with Crippen molar-refractivity contribution in [2.24, 2.45) is 0 Å². The first kappa shape index (κ1) is 41.6. The number of rotatable bonds is 26. The van der Waals surface area contributed by atoms with Crippen molar-refractivity contribution >= 4 is 5.91 Å². The summed E-state index contributed by atoms with van der Waals surface area (Å²) in [5.74, 6) is -0.748. The maximum absolute atomic E-state index is 12.8. The molecule has 1 saturated heterocycles. The van der Waals surface area contributed by atoms with E-state index in [4.69, 9.17) is 9.47 Å². The van der Waals surface area contributed by atoms with Crippen molar-refractivity contribution < 1.29 is 50.0 Å². The number of hydrogen-bond acceptors (Lipinski definition) is 10. The van der Waals surface area contributed by atoms with Gasteiger partial charge in [-0.3, -0.25) is 4.79 Å². The van der Waals surface area contributed by atoms with E-state index in [1.54, 1.807) is 0 Å². The zero-order valence-electron chi connectivity index (χ0n) is 27.6. The molecule has 9 atom stereocenters. The van der Waals surface area contributed by atoms with Gasteiger partial charge in [-0.05, 0) is 57.8 Å². The van der Waals surface area contributed by atoms with E-state index in [-0.39, 0.29) is 12.8 Å². The molecule has 1 aliphatic rings. The Morgan fingerprint density at radius 3 is 1.91 bits per heavy atom. The molecule has 0 bridgehead atoms. The van der Waals surface area contributed by atoms with Crippen LogP contribution < -0.4 is 5.32 Å². The Bertz CT molecular complexity index is 795. The highest BCUT2D eigenvalue weighted by atomic mass is 16.7. The van der Waals surface area contributed by atoms with Gasteiger partial charge >= 0.3 is 0 Å². The smallest absolute Gasteiger partial charge is 0.249 e. The summed E-state index contributed by atoms with van der Waals surface area (Å²) in [6.45, 7) is 3.26. The van der Waals surface area contributed by atoms with Crippen molar-refractivity contribution in [3.8, 4) is 0 Å². The van der Waals surface area contributed by atoms with E-state index in [0.717, 1.165) is 32.1 Å². The molecule has 1 amide bonds. The molecule has 0 aromatic rings. The Labute approximate surface area is 270 Å². The third-order valence-electron chi connectivity index (χ3n) is 8.23. The highest BCUT2D eigenvalue weighted by Crippen LogP contribution is 2.23. The standard InChI is InChI=1S/C34H63NO10/c1-3-5-7-9-11-13-14-16-17-19-21-26(37)29(39)25(24-44-34-32(42)31(41)30(40)28(23-36)45-34)35-33(43)27(38)22-20-18-15-12-10-8-6-4-2/h14-16,18,25-32,34,36-42H,3-13,17,19-24H2,1-2H3,(H,35,43)/b16-14+,18-15-. The average Bonchev–Trinajstić information content (AvgIpc) is 3.04. The van der Waals surface area contributed by atoms with Crippen LogP contribution in [0.5, 0.6) is 0 Å². The Morgan fingerprint density at radius 2 is 1.31 bits per heavy atom. The van der Waals surface area contributed by atoms with Crippen molar-refractivity contribution in [2.75, 3.05) is 13.2 Å². The number of aliphatic hydroxyl groups excluding tert-OH is 7. The lowest BCUT2D eigenvalue weighted by Gasteiger charge is -2.40. The first-order chi connectivity index (χ1) is 21.7. The third kappa shape index (κ3) is 17.4. The van der Waals surface area contributed by atoms with Gasteiger partial charge < -0.3 is 50.5 Å². The van der Waals surface area contributed by atoms with Crippen LogP contribution >= 0.6 is 0 Å². The van der Waals surface area contributed by atoms with Gasteiger partial charge in [-0.1, -0.05) is 83.1 Å². The number of aliphatic hydroxyl groups is 7. The van der Waals surface area contributed by atoms with Crippen molar-refractivity contribution in [3.63, 3.8) is 0 Å². The number of amides is 1. The molecule has 11 heteroatoms. The molecule has 0 aromatic carbocycles. The van der Waals surface area contributed by atoms with Crippen LogP contribution in [0.3, 0.4) is 0 Å². The van der Waals surface area contributed by atoms with E-state index < -0.39 is 74.2 Å². The Kier molecular flexibility index (Phi) is 23.7. The third-order valence-corrected chi connectivity index (χ3v) is 8.23. The zero-order valence-corrected chi connectivity index (χ0v) is 27.6. The van der Waals surface area contributed by atoms with Gasteiger partial charge in [0.15, 0.2) is 6.29 Å². The fraction of sp³-hybridized carbons (Fsp3) is 0.853. The van der Waals surface area contributed by atoms with Crippen LogP contribution in [0.15, 0.2) is 24.3 Å². The molecule has 1 aliphatic heterocycles. The number of carbonyl (C=O) groups excluding carboxylic acids is 1. The normalized spacial score (nSPS) is 25.0. The van der Waals surface area contributed by atoms with Crippen molar-refractivity contribution in [1.29, 1.82) is 0 Å². The SMILES string of the molecule is CCCCCC/C=C\CCC(O)C(=O)NC(COC1OC(CO)C(O)C(O)C1O)C(O)C(O)CCC/C=C/CCCCCCC. The summed E-state index contributed by atoms with van der Waals surface area (Å²) >= 11 is 0. The van der Waals surface area contributed by atoms with E-state index in [1.165, 1.54) is 44.9 Å². The van der Waals surface area contributed by atoms with Gasteiger partial charge in [-0.15, -0.1) is 0 Å². The molecule has 0 aliphatic carbocycles. The minimum atomic E-state index is -1.67. The fourth-order valence-electron chi connectivity index (χ4n) is 5.20. The first-order valence-corrected chi connectivity index (χ1v) is 17.2. The maximum Gasteiger partial charge on any atom is 0.249 e. The molecule has 0 spiro atoms. The molecule has 11 nitrogen and oxygen atoms in total. The highest BCUT2D eigenvalue weighted by Gasteiger charge is 2.44. The number of nitrogens with one attached hydrogen (secondary N) is 1. The summed E-state index contributed by atoms with van der Waals surface area (Å²) in [7, 11) is 0. The van der Waals surface area contributed by atoms with E-state index in [2.05, 4.69) is 31.3 Å². The molecule has 1 heterocycles. The predicted octanol–water partition coefficient (Wildman–Crippen LogP) is 2.76. The average molecular weight is 646 g/mol. The molecule has 1 fully saturated rings. The molecule has 1 rings (SSSR count).